The minimum absolute atomic E-state index is 0.211. The summed E-state index contributed by atoms with van der Waals surface area (Å²) in [5.74, 6) is 1.58. The maximum atomic E-state index is 8.93. The summed E-state index contributed by atoms with van der Waals surface area (Å²) in [6.45, 7) is 0.211. The number of benzene rings is 1. The Balaban J connectivity index is 2.18. The lowest BCUT2D eigenvalue weighted by Gasteiger charge is -2.18. The van der Waals surface area contributed by atoms with Crippen LogP contribution in [0.15, 0.2) is 16.6 Å². The second-order valence-corrected chi connectivity index (χ2v) is 5.81. The number of hydrogen-bond acceptors (Lipinski definition) is 3. The molecule has 0 unspecified atom stereocenters. The fraction of sp³-hybridized carbons (Fsp3) is 0.600. The molecule has 1 N–H and O–H groups in total. The van der Waals surface area contributed by atoms with Crippen molar-refractivity contribution in [1.82, 2.24) is 0 Å². The van der Waals surface area contributed by atoms with Crippen molar-refractivity contribution in [3.8, 4) is 11.5 Å². The average Bonchev–Trinajstić information content (AvgIpc) is 2.89. The van der Waals surface area contributed by atoms with Gasteiger partial charge < -0.3 is 14.6 Å². The number of methoxy groups -OCH3 is 1. The zero-order chi connectivity index (χ0) is 13.7. The SMILES string of the molecule is COc1c(Br)cc(CCCO)cc1OC1CCCC1. The van der Waals surface area contributed by atoms with Gasteiger partial charge in [0.2, 0.25) is 0 Å². The van der Waals surface area contributed by atoms with Crippen LogP contribution in [0.1, 0.15) is 37.7 Å². The summed E-state index contributed by atoms with van der Waals surface area (Å²) < 4.78 is 12.4. The molecule has 0 spiro atoms. The highest BCUT2D eigenvalue weighted by Gasteiger charge is 2.20. The normalized spacial score (nSPS) is 15.7. The van der Waals surface area contributed by atoms with Crippen LogP contribution in [0.2, 0.25) is 0 Å². The molecular weight excluding hydrogens is 308 g/mol. The first-order valence-electron chi connectivity index (χ1n) is 6.88. The zero-order valence-electron chi connectivity index (χ0n) is 11.3. The smallest absolute Gasteiger partial charge is 0.174 e. The lowest BCUT2D eigenvalue weighted by atomic mass is 10.1. The van der Waals surface area contributed by atoms with Crippen LogP contribution in [0, 0.1) is 0 Å². The Bertz CT molecular complexity index is 414. The molecule has 3 nitrogen and oxygen atoms in total. The molecule has 0 atom stereocenters. The predicted octanol–water partition coefficient (Wildman–Crippen LogP) is 3.70. The molecule has 2 rings (SSSR count). The van der Waals surface area contributed by atoms with Crippen molar-refractivity contribution in [3.63, 3.8) is 0 Å². The standard InChI is InChI=1S/C15H21BrO3/c1-18-15-13(16)9-11(5-4-8-17)10-14(15)19-12-6-2-3-7-12/h9-10,12,17H,2-8H2,1H3. The summed E-state index contributed by atoms with van der Waals surface area (Å²) in [4.78, 5) is 0. The van der Waals surface area contributed by atoms with Gasteiger partial charge in [0.25, 0.3) is 0 Å². The summed E-state index contributed by atoms with van der Waals surface area (Å²) >= 11 is 3.53. The van der Waals surface area contributed by atoms with Gasteiger partial charge in [0, 0.05) is 6.61 Å². The van der Waals surface area contributed by atoms with E-state index < -0.39 is 0 Å². The molecule has 1 fully saturated rings. The third-order valence-electron chi connectivity index (χ3n) is 3.49. The van der Waals surface area contributed by atoms with Gasteiger partial charge in [-0.3, -0.25) is 0 Å². The van der Waals surface area contributed by atoms with Gasteiger partial charge >= 0.3 is 0 Å². The lowest BCUT2D eigenvalue weighted by Crippen LogP contribution is -2.12. The van der Waals surface area contributed by atoms with Crippen molar-refractivity contribution in [2.75, 3.05) is 13.7 Å². The van der Waals surface area contributed by atoms with E-state index in [-0.39, 0.29) is 6.61 Å². The van der Waals surface area contributed by atoms with Crippen LogP contribution in [0.4, 0.5) is 0 Å². The Morgan fingerprint density at radius 3 is 2.68 bits per heavy atom. The van der Waals surface area contributed by atoms with Gasteiger partial charge in [0.1, 0.15) is 0 Å². The maximum Gasteiger partial charge on any atom is 0.174 e. The summed E-state index contributed by atoms with van der Waals surface area (Å²) in [6.07, 6.45) is 6.68. The monoisotopic (exact) mass is 328 g/mol. The fourth-order valence-electron chi connectivity index (χ4n) is 2.52. The van der Waals surface area contributed by atoms with Crippen LogP contribution < -0.4 is 9.47 Å². The van der Waals surface area contributed by atoms with Gasteiger partial charge in [-0.15, -0.1) is 0 Å². The first-order valence-corrected chi connectivity index (χ1v) is 7.68. The summed E-state index contributed by atoms with van der Waals surface area (Å²) in [7, 11) is 1.66. The van der Waals surface area contributed by atoms with Gasteiger partial charge in [-0.05, 0) is 72.2 Å². The van der Waals surface area contributed by atoms with Crippen molar-refractivity contribution in [1.29, 1.82) is 0 Å². The Morgan fingerprint density at radius 1 is 1.32 bits per heavy atom. The minimum atomic E-state index is 0.211. The molecule has 0 heterocycles. The number of aryl methyl sites for hydroxylation is 1. The van der Waals surface area contributed by atoms with Gasteiger partial charge in [-0.1, -0.05) is 0 Å². The maximum absolute atomic E-state index is 8.93. The average molecular weight is 329 g/mol. The van der Waals surface area contributed by atoms with Crippen LogP contribution in [0.25, 0.3) is 0 Å². The quantitative estimate of drug-likeness (QED) is 0.865. The molecule has 0 amide bonds. The highest BCUT2D eigenvalue weighted by atomic mass is 79.9. The van der Waals surface area contributed by atoms with Crippen LogP contribution in [0.5, 0.6) is 11.5 Å². The second-order valence-electron chi connectivity index (χ2n) is 4.96. The molecule has 0 bridgehead atoms. The Labute approximate surface area is 123 Å². The van der Waals surface area contributed by atoms with Crippen molar-refractivity contribution in [3.05, 3.63) is 22.2 Å². The topological polar surface area (TPSA) is 38.7 Å². The highest BCUT2D eigenvalue weighted by Crippen LogP contribution is 2.38. The molecule has 4 heteroatoms. The van der Waals surface area contributed by atoms with Gasteiger partial charge in [-0.2, -0.15) is 0 Å². The number of hydrogen-bond donors (Lipinski definition) is 1. The summed E-state index contributed by atoms with van der Waals surface area (Å²) in [5.41, 5.74) is 1.16. The Kier molecular flexibility index (Phi) is 5.52. The number of aliphatic hydroxyl groups is 1. The minimum Gasteiger partial charge on any atom is -0.492 e. The van der Waals surface area contributed by atoms with Crippen LogP contribution in [-0.4, -0.2) is 24.9 Å². The van der Waals surface area contributed by atoms with E-state index >= 15 is 0 Å². The molecule has 1 aromatic rings. The van der Waals surface area contributed by atoms with E-state index in [1.165, 1.54) is 12.8 Å². The summed E-state index contributed by atoms with van der Waals surface area (Å²) in [5, 5.41) is 8.93. The van der Waals surface area contributed by atoms with Crippen molar-refractivity contribution in [2.45, 2.75) is 44.6 Å². The largest absolute Gasteiger partial charge is 0.492 e. The number of ether oxygens (including phenoxy) is 2. The molecule has 1 saturated carbocycles. The van der Waals surface area contributed by atoms with Crippen molar-refractivity contribution in [2.24, 2.45) is 0 Å². The first-order chi connectivity index (χ1) is 9.24. The van der Waals surface area contributed by atoms with Gasteiger partial charge in [0.05, 0.1) is 17.7 Å². The first kappa shape index (κ1) is 14.7. The van der Waals surface area contributed by atoms with E-state index in [0.717, 1.165) is 47.2 Å². The van der Waals surface area contributed by atoms with E-state index in [1.54, 1.807) is 7.11 Å². The van der Waals surface area contributed by atoms with Crippen molar-refractivity contribution >= 4 is 15.9 Å². The molecule has 0 aliphatic heterocycles. The van der Waals surface area contributed by atoms with Gasteiger partial charge in [-0.25, -0.2) is 0 Å². The molecular formula is C15H21BrO3. The zero-order valence-corrected chi connectivity index (χ0v) is 12.9. The van der Waals surface area contributed by atoms with Crippen molar-refractivity contribution < 1.29 is 14.6 Å². The van der Waals surface area contributed by atoms with E-state index in [2.05, 4.69) is 15.9 Å². The Hall–Kier alpha value is -0.740. The molecule has 1 aliphatic carbocycles. The van der Waals surface area contributed by atoms with Gasteiger partial charge in [0.15, 0.2) is 11.5 Å². The molecule has 1 aromatic carbocycles. The summed E-state index contributed by atoms with van der Waals surface area (Å²) in [6, 6.07) is 4.08. The second kappa shape index (κ2) is 7.15. The van der Waals surface area contributed by atoms with E-state index in [4.69, 9.17) is 14.6 Å². The van der Waals surface area contributed by atoms with E-state index in [1.807, 2.05) is 12.1 Å². The van der Waals surface area contributed by atoms with E-state index in [9.17, 15) is 0 Å². The number of aliphatic hydroxyl groups excluding tert-OH is 1. The number of halogens is 1. The van der Waals surface area contributed by atoms with Crippen LogP contribution in [-0.2, 0) is 6.42 Å². The lowest BCUT2D eigenvalue weighted by molar-refractivity contribution is 0.200. The molecule has 106 valence electrons. The highest BCUT2D eigenvalue weighted by molar-refractivity contribution is 9.10. The third-order valence-corrected chi connectivity index (χ3v) is 4.08. The molecule has 0 radical (unpaired) electrons. The molecule has 19 heavy (non-hydrogen) atoms. The predicted molar refractivity (Wildman–Crippen MR) is 79.0 cm³/mol. The van der Waals surface area contributed by atoms with Crippen LogP contribution in [0.3, 0.4) is 0 Å². The van der Waals surface area contributed by atoms with Crippen LogP contribution >= 0.6 is 15.9 Å². The number of rotatable bonds is 6. The fourth-order valence-corrected chi connectivity index (χ4v) is 3.17. The Morgan fingerprint density at radius 2 is 2.05 bits per heavy atom. The molecule has 1 aliphatic rings. The molecule has 0 saturated heterocycles. The molecule has 0 aromatic heterocycles. The third kappa shape index (κ3) is 3.86. The van der Waals surface area contributed by atoms with E-state index in [0.29, 0.717) is 6.10 Å².